The molecule has 2 atom stereocenters. The van der Waals surface area contributed by atoms with Gasteiger partial charge < -0.3 is 10.1 Å². The third-order valence-electron chi connectivity index (χ3n) is 1.81. The summed E-state index contributed by atoms with van der Waals surface area (Å²) in [6.45, 7) is 12.3. The van der Waals surface area contributed by atoms with Crippen molar-refractivity contribution in [3.8, 4) is 0 Å². The zero-order chi connectivity index (χ0) is 11.2. The first-order valence-electron chi connectivity index (χ1n) is 5.32. The van der Waals surface area contributed by atoms with Crippen molar-refractivity contribution in [2.24, 2.45) is 0 Å². The third-order valence-corrected chi connectivity index (χ3v) is 2.18. The lowest BCUT2D eigenvalue weighted by Crippen LogP contribution is -2.33. The molecule has 0 saturated heterocycles. The summed E-state index contributed by atoms with van der Waals surface area (Å²) in [7, 11) is 0. The summed E-state index contributed by atoms with van der Waals surface area (Å²) in [5.41, 5.74) is -0.0202. The summed E-state index contributed by atoms with van der Waals surface area (Å²) in [5, 5.41) is 3.43. The van der Waals surface area contributed by atoms with E-state index in [9.17, 15) is 0 Å². The summed E-state index contributed by atoms with van der Waals surface area (Å²) in [6, 6.07) is 0.549. The van der Waals surface area contributed by atoms with Crippen LogP contribution in [0, 0.1) is 0 Å². The van der Waals surface area contributed by atoms with E-state index >= 15 is 0 Å². The smallest absolute Gasteiger partial charge is 0.0599 e. The van der Waals surface area contributed by atoms with E-state index in [0.29, 0.717) is 10.9 Å². The lowest BCUT2D eigenvalue weighted by molar-refractivity contribution is -0.00153. The Labute approximate surface area is 96.9 Å². The summed E-state index contributed by atoms with van der Waals surface area (Å²) >= 11 is 3.54. The zero-order valence-corrected chi connectivity index (χ0v) is 11.6. The maximum absolute atomic E-state index is 5.61. The van der Waals surface area contributed by atoms with Crippen LogP contribution in [0.2, 0.25) is 0 Å². The molecule has 0 aromatic heterocycles. The SMILES string of the molecule is CC(Br)CC(C)NCCOC(C)(C)C. The van der Waals surface area contributed by atoms with Crippen molar-refractivity contribution in [1.29, 1.82) is 0 Å². The van der Waals surface area contributed by atoms with Gasteiger partial charge in [0.25, 0.3) is 0 Å². The molecule has 86 valence electrons. The number of hydrogen-bond acceptors (Lipinski definition) is 2. The number of halogens is 1. The molecular weight excluding hydrogens is 242 g/mol. The van der Waals surface area contributed by atoms with E-state index in [1.807, 2.05) is 0 Å². The minimum absolute atomic E-state index is 0.0202. The first-order chi connectivity index (χ1) is 6.31. The van der Waals surface area contributed by atoms with E-state index in [1.54, 1.807) is 0 Å². The van der Waals surface area contributed by atoms with Crippen molar-refractivity contribution in [3.63, 3.8) is 0 Å². The second-order valence-corrected chi connectivity index (χ2v) is 6.40. The highest BCUT2D eigenvalue weighted by Crippen LogP contribution is 2.07. The number of rotatable bonds is 6. The first kappa shape index (κ1) is 14.4. The van der Waals surface area contributed by atoms with Crippen molar-refractivity contribution in [3.05, 3.63) is 0 Å². The van der Waals surface area contributed by atoms with Gasteiger partial charge in [-0.3, -0.25) is 0 Å². The van der Waals surface area contributed by atoms with Crippen LogP contribution >= 0.6 is 15.9 Å². The van der Waals surface area contributed by atoms with Crippen molar-refractivity contribution >= 4 is 15.9 Å². The average molecular weight is 266 g/mol. The van der Waals surface area contributed by atoms with E-state index in [1.165, 1.54) is 0 Å². The molecule has 0 bridgehead atoms. The van der Waals surface area contributed by atoms with Gasteiger partial charge >= 0.3 is 0 Å². The van der Waals surface area contributed by atoms with Gasteiger partial charge in [-0.1, -0.05) is 22.9 Å². The highest BCUT2D eigenvalue weighted by molar-refractivity contribution is 9.09. The maximum atomic E-state index is 5.61. The predicted molar refractivity (Wildman–Crippen MR) is 66.2 cm³/mol. The number of hydrogen-bond donors (Lipinski definition) is 1. The average Bonchev–Trinajstić information content (AvgIpc) is 1.95. The van der Waals surface area contributed by atoms with Gasteiger partial charge in [0.1, 0.15) is 0 Å². The highest BCUT2D eigenvalue weighted by atomic mass is 79.9. The second kappa shape index (κ2) is 6.81. The monoisotopic (exact) mass is 265 g/mol. The van der Waals surface area contributed by atoms with Gasteiger partial charge in [0.05, 0.1) is 12.2 Å². The Kier molecular flexibility index (Phi) is 7.00. The Morgan fingerprint density at radius 3 is 2.29 bits per heavy atom. The van der Waals surface area contributed by atoms with Gasteiger partial charge in [-0.05, 0) is 34.1 Å². The zero-order valence-electron chi connectivity index (χ0n) is 10.1. The fourth-order valence-electron chi connectivity index (χ4n) is 1.23. The molecule has 0 aliphatic rings. The van der Waals surface area contributed by atoms with Crippen LogP contribution in [0.1, 0.15) is 41.0 Å². The summed E-state index contributed by atoms with van der Waals surface area (Å²) < 4.78 is 5.61. The van der Waals surface area contributed by atoms with Crippen LogP contribution in [0.3, 0.4) is 0 Å². The van der Waals surface area contributed by atoms with Gasteiger partial charge in [-0.25, -0.2) is 0 Å². The Balaban J connectivity index is 3.36. The molecule has 14 heavy (non-hydrogen) atoms. The lowest BCUT2D eigenvalue weighted by atomic mass is 10.2. The van der Waals surface area contributed by atoms with E-state index in [4.69, 9.17) is 4.74 Å². The van der Waals surface area contributed by atoms with Gasteiger partial charge in [0, 0.05) is 17.4 Å². The fourth-order valence-corrected chi connectivity index (χ4v) is 1.79. The maximum Gasteiger partial charge on any atom is 0.0599 e. The molecule has 2 unspecified atom stereocenters. The van der Waals surface area contributed by atoms with E-state index in [2.05, 4.69) is 55.9 Å². The fraction of sp³-hybridized carbons (Fsp3) is 1.00. The summed E-state index contributed by atoms with van der Waals surface area (Å²) in [4.78, 5) is 0.577. The molecule has 0 heterocycles. The second-order valence-electron chi connectivity index (χ2n) is 4.83. The van der Waals surface area contributed by atoms with E-state index in [-0.39, 0.29) is 5.60 Å². The van der Waals surface area contributed by atoms with Crippen molar-refractivity contribution in [1.82, 2.24) is 5.32 Å². The van der Waals surface area contributed by atoms with Crippen molar-refractivity contribution in [2.45, 2.75) is 57.5 Å². The number of ether oxygens (including phenoxy) is 1. The molecule has 0 aromatic rings. The molecular formula is C11H24BrNO. The molecule has 0 fully saturated rings. The topological polar surface area (TPSA) is 21.3 Å². The summed E-state index contributed by atoms with van der Waals surface area (Å²) in [6.07, 6.45) is 1.15. The molecule has 0 aliphatic carbocycles. The molecule has 0 amide bonds. The molecule has 0 rings (SSSR count). The minimum atomic E-state index is -0.0202. The van der Waals surface area contributed by atoms with Crippen LogP contribution in [-0.2, 0) is 4.74 Å². The molecule has 0 saturated carbocycles. The highest BCUT2D eigenvalue weighted by Gasteiger charge is 2.10. The Bertz CT molecular complexity index is 143. The van der Waals surface area contributed by atoms with Crippen LogP contribution in [0.5, 0.6) is 0 Å². The van der Waals surface area contributed by atoms with Gasteiger partial charge in [0.2, 0.25) is 0 Å². The standard InChI is InChI=1S/C11H24BrNO/c1-9(12)8-10(2)13-6-7-14-11(3,4)5/h9-10,13H,6-8H2,1-5H3. The van der Waals surface area contributed by atoms with E-state index in [0.717, 1.165) is 19.6 Å². The van der Waals surface area contributed by atoms with Crippen LogP contribution < -0.4 is 5.32 Å². The quantitative estimate of drug-likeness (QED) is 0.589. The summed E-state index contributed by atoms with van der Waals surface area (Å²) in [5.74, 6) is 0. The van der Waals surface area contributed by atoms with Crippen LogP contribution in [0.25, 0.3) is 0 Å². The Morgan fingerprint density at radius 1 is 1.29 bits per heavy atom. The van der Waals surface area contributed by atoms with Gasteiger partial charge in [0.15, 0.2) is 0 Å². The van der Waals surface area contributed by atoms with Crippen LogP contribution in [0.4, 0.5) is 0 Å². The van der Waals surface area contributed by atoms with Crippen LogP contribution in [0.15, 0.2) is 0 Å². The molecule has 3 heteroatoms. The molecule has 0 aliphatic heterocycles. The molecule has 0 aromatic carbocycles. The van der Waals surface area contributed by atoms with Crippen molar-refractivity contribution in [2.75, 3.05) is 13.2 Å². The number of alkyl halides is 1. The normalized spacial score (nSPS) is 16.7. The Morgan fingerprint density at radius 2 is 1.86 bits per heavy atom. The molecule has 0 spiro atoms. The Hall–Kier alpha value is 0.400. The molecule has 1 N–H and O–H groups in total. The van der Waals surface area contributed by atoms with Gasteiger partial charge in [-0.2, -0.15) is 0 Å². The predicted octanol–water partition coefficient (Wildman–Crippen LogP) is 2.95. The van der Waals surface area contributed by atoms with E-state index < -0.39 is 0 Å². The lowest BCUT2D eigenvalue weighted by Gasteiger charge is -2.21. The van der Waals surface area contributed by atoms with Gasteiger partial charge in [-0.15, -0.1) is 0 Å². The molecule has 2 nitrogen and oxygen atoms in total. The third kappa shape index (κ3) is 10.5. The largest absolute Gasteiger partial charge is 0.375 e. The minimum Gasteiger partial charge on any atom is -0.375 e. The van der Waals surface area contributed by atoms with Crippen molar-refractivity contribution < 1.29 is 4.74 Å². The first-order valence-corrected chi connectivity index (χ1v) is 6.24. The molecule has 0 radical (unpaired) electrons. The van der Waals surface area contributed by atoms with Crippen LogP contribution in [-0.4, -0.2) is 29.6 Å². The number of nitrogens with one attached hydrogen (secondary N) is 1.